The second-order valence-electron chi connectivity index (χ2n) is 3.76. The van der Waals surface area contributed by atoms with E-state index in [1.807, 2.05) is 18.2 Å². The fourth-order valence-corrected chi connectivity index (χ4v) is 1.87. The Kier molecular flexibility index (Phi) is 1.87. The third-order valence-electron chi connectivity index (χ3n) is 2.96. The quantitative estimate of drug-likeness (QED) is 0.733. The summed E-state index contributed by atoms with van der Waals surface area (Å²) >= 11 is 0. The Morgan fingerprint density at radius 3 is 2.67 bits per heavy atom. The fraction of sp³-hybridized carbons (Fsp3) is 0.455. The van der Waals surface area contributed by atoms with Crippen molar-refractivity contribution in [2.45, 2.75) is 5.60 Å². The molecule has 1 aromatic carbocycles. The summed E-state index contributed by atoms with van der Waals surface area (Å²) in [6.07, 6.45) is 0. The first-order valence-electron chi connectivity index (χ1n) is 4.87. The summed E-state index contributed by atoms with van der Waals surface area (Å²) in [7, 11) is 1.70. The maximum absolute atomic E-state index is 5.50. The Bertz CT molecular complexity index is 379. The van der Waals surface area contributed by atoms with Gasteiger partial charge in [-0.2, -0.15) is 0 Å². The summed E-state index contributed by atoms with van der Waals surface area (Å²) in [5.74, 6) is 1.58. The first-order valence-corrected chi connectivity index (χ1v) is 4.87. The molecule has 0 amide bonds. The average molecular weight is 208 g/mol. The monoisotopic (exact) mass is 208 g/mol. The highest BCUT2D eigenvalue weighted by Crippen LogP contribution is 2.39. The number of hydrogen-bond acceptors (Lipinski definition) is 4. The van der Waals surface area contributed by atoms with Gasteiger partial charge < -0.3 is 18.9 Å². The van der Waals surface area contributed by atoms with Gasteiger partial charge in [0.05, 0.1) is 13.2 Å². The third kappa shape index (κ3) is 1.22. The first kappa shape index (κ1) is 9.00. The third-order valence-corrected chi connectivity index (χ3v) is 2.96. The second kappa shape index (κ2) is 3.12. The van der Waals surface area contributed by atoms with Crippen LogP contribution >= 0.6 is 0 Å². The number of hydrogen-bond donors (Lipinski definition) is 0. The minimum atomic E-state index is -0.291. The number of rotatable bonds is 2. The van der Waals surface area contributed by atoms with Gasteiger partial charge in [-0.1, -0.05) is 6.07 Å². The predicted molar refractivity (Wildman–Crippen MR) is 52.1 cm³/mol. The highest BCUT2D eigenvalue weighted by atomic mass is 16.7. The largest absolute Gasteiger partial charge is 0.454 e. The lowest BCUT2D eigenvalue weighted by atomic mass is 9.91. The van der Waals surface area contributed by atoms with E-state index in [4.69, 9.17) is 18.9 Å². The SMILES string of the molecule is COC1(c2ccc3c(c2)OCO3)COC1. The molecule has 0 radical (unpaired) electrons. The molecule has 0 aliphatic carbocycles. The van der Waals surface area contributed by atoms with Gasteiger partial charge in [0.25, 0.3) is 0 Å². The Balaban J connectivity index is 1.98. The highest BCUT2D eigenvalue weighted by Gasteiger charge is 2.41. The number of fused-ring (bicyclic) bond motifs is 1. The van der Waals surface area contributed by atoms with Gasteiger partial charge in [-0.05, 0) is 17.7 Å². The summed E-state index contributed by atoms with van der Waals surface area (Å²) in [6.45, 7) is 1.50. The van der Waals surface area contributed by atoms with Gasteiger partial charge in [-0.25, -0.2) is 0 Å². The molecule has 0 saturated carbocycles. The van der Waals surface area contributed by atoms with E-state index in [2.05, 4.69) is 0 Å². The maximum Gasteiger partial charge on any atom is 0.231 e. The van der Waals surface area contributed by atoms with Crippen molar-refractivity contribution in [3.05, 3.63) is 23.8 Å². The molecule has 1 saturated heterocycles. The molecule has 15 heavy (non-hydrogen) atoms. The van der Waals surface area contributed by atoms with Crippen molar-refractivity contribution in [2.75, 3.05) is 27.1 Å². The molecule has 1 fully saturated rings. The van der Waals surface area contributed by atoms with E-state index < -0.39 is 0 Å². The summed E-state index contributed by atoms with van der Waals surface area (Å²) in [5, 5.41) is 0. The van der Waals surface area contributed by atoms with Crippen molar-refractivity contribution in [2.24, 2.45) is 0 Å². The second-order valence-corrected chi connectivity index (χ2v) is 3.76. The lowest BCUT2D eigenvalue weighted by molar-refractivity contribution is -0.202. The molecule has 0 spiro atoms. The van der Waals surface area contributed by atoms with Crippen LogP contribution in [0.25, 0.3) is 0 Å². The van der Waals surface area contributed by atoms with Crippen LogP contribution < -0.4 is 9.47 Å². The van der Waals surface area contributed by atoms with E-state index in [0.717, 1.165) is 17.1 Å². The van der Waals surface area contributed by atoms with Crippen molar-refractivity contribution in [3.8, 4) is 11.5 Å². The summed E-state index contributed by atoms with van der Waals surface area (Å²) < 4.78 is 21.3. The van der Waals surface area contributed by atoms with Crippen LogP contribution in [-0.2, 0) is 15.1 Å². The summed E-state index contributed by atoms with van der Waals surface area (Å²) in [5.41, 5.74) is 0.793. The van der Waals surface area contributed by atoms with E-state index in [0.29, 0.717) is 20.0 Å². The van der Waals surface area contributed by atoms with E-state index in [1.165, 1.54) is 0 Å². The first-order chi connectivity index (χ1) is 7.34. The topological polar surface area (TPSA) is 36.9 Å². The summed E-state index contributed by atoms with van der Waals surface area (Å²) in [6, 6.07) is 5.88. The molecular formula is C11H12O4. The number of benzene rings is 1. The van der Waals surface area contributed by atoms with Gasteiger partial charge in [0, 0.05) is 7.11 Å². The minimum absolute atomic E-state index is 0.291. The van der Waals surface area contributed by atoms with Crippen LogP contribution in [0.2, 0.25) is 0 Å². The smallest absolute Gasteiger partial charge is 0.231 e. The van der Waals surface area contributed by atoms with Crippen LogP contribution in [0.1, 0.15) is 5.56 Å². The van der Waals surface area contributed by atoms with Crippen molar-refractivity contribution in [1.82, 2.24) is 0 Å². The molecular weight excluding hydrogens is 196 g/mol. The molecule has 4 heteroatoms. The summed E-state index contributed by atoms with van der Waals surface area (Å²) in [4.78, 5) is 0. The van der Waals surface area contributed by atoms with Gasteiger partial charge in [0.15, 0.2) is 11.5 Å². The zero-order chi connectivity index (χ0) is 10.3. The molecule has 0 bridgehead atoms. The van der Waals surface area contributed by atoms with Crippen LogP contribution in [0, 0.1) is 0 Å². The van der Waals surface area contributed by atoms with Crippen molar-refractivity contribution >= 4 is 0 Å². The van der Waals surface area contributed by atoms with Crippen molar-refractivity contribution < 1.29 is 18.9 Å². The molecule has 3 rings (SSSR count). The molecule has 0 aromatic heterocycles. The lowest BCUT2D eigenvalue weighted by Crippen LogP contribution is -2.48. The van der Waals surface area contributed by atoms with E-state index >= 15 is 0 Å². The van der Waals surface area contributed by atoms with E-state index in [1.54, 1.807) is 7.11 Å². The molecule has 4 nitrogen and oxygen atoms in total. The molecule has 2 aliphatic rings. The number of methoxy groups -OCH3 is 1. The molecule has 0 atom stereocenters. The number of ether oxygens (including phenoxy) is 4. The van der Waals surface area contributed by atoms with Gasteiger partial charge >= 0.3 is 0 Å². The molecule has 1 aromatic rings. The zero-order valence-corrected chi connectivity index (χ0v) is 8.49. The van der Waals surface area contributed by atoms with Crippen LogP contribution in [0.15, 0.2) is 18.2 Å². The van der Waals surface area contributed by atoms with Crippen LogP contribution in [0.5, 0.6) is 11.5 Å². The lowest BCUT2D eigenvalue weighted by Gasteiger charge is -2.40. The van der Waals surface area contributed by atoms with Gasteiger partial charge in [0.2, 0.25) is 6.79 Å². The van der Waals surface area contributed by atoms with Gasteiger partial charge in [-0.15, -0.1) is 0 Å². The Morgan fingerprint density at radius 1 is 1.20 bits per heavy atom. The van der Waals surface area contributed by atoms with Gasteiger partial charge in [-0.3, -0.25) is 0 Å². The minimum Gasteiger partial charge on any atom is -0.454 e. The molecule has 2 aliphatic heterocycles. The molecule has 0 N–H and O–H groups in total. The standard InChI is InChI=1S/C11H12O4/c1-12-11(5-13-6-11)8-2-3-9-10(4-8)15-7-14-9/h2-4H,5-7H2,1H3. The van der Waals surface area contributed by atoms with Crippen LogP contribution in [0.3, 0.4) is 0 Å². The van der Waals surface area contributed by atoms with Crippen LogP contribution in [0.4, 0.5) is 0 Å². The van der Waals surface area contributed by atoms with E-state index in [9.17, 15) is 0 Å². The van der Waals surface area contributed by atoms with Crippen molar-refractivity contribution in [1.29, 1.82) is 0 Å². The molecule has 2 heterocycles. The fourth-order valence-electron chi connectivity index (χ4n) is 1.87. The highest BCUT2D eigenvalue weighted by molar-refractivity contribution is 5.46. The maximum atomic E-state index is 5.50. The Hall–Kier alpha value is -1.26. The normalized spacial score (nSPS) is 21.1. The average Bonchev–Trinajstić information content (AvgIpc) is 2.64. The predicted octanol–water partition coefficient (Wildman–Crippen LogP) is 1.29. The zero-order valence-electron chi connectivity index (χ0n) is 8.49. The molecule has 80 valence electrons. The Labute approximate surface area is 87.7 Å². The molecule has 0 unspecified atom stereocenters. The van der Waals surface area contributed by atoms with Gasteiger partial charge in [0.1, 0.15) is 5.60 Å². The van der Waals surface area contributed by atoms with Crippen molar-refractivity contribution in [3.63, 3.8) is 0 Å². The van der Waals surface area contributed by atoms with Crippen LogP contribution in [-0.4, -0.2) is 27.1 Å². The van der Waals surface area contributed by atoms with E-state index in [-0.39, 0.29) is 5.60 Å². The Morgan fingerprint density at radius 2 is 2.00 bits per heavy atom.